The highest BCUT2D eigenvalue weighted by atomic mass is 35.5. The van der Waals surface area contributed by atoms with Crippen LogP contribution in [0.3, 0.4) is 0 Å². The average molecular weight is 231 g/mol. The Labute approximate surface area is 92.3 Å². The molecule has 2 N–H and O–H groups in total. The Morgan fingerprint density at radius 3 is 2.67 bits per heavy atom. The van der Waals surface area contributed by atoms with Gasteiger partial charge in [-0.25, -0.2) is 9.37 Å². The van der Waals surface area contributed by atoms with Gasteiger partial charge in [-0.1, -0.05) is 11.6 Å². The van der Waals surface area contributed by atoms with Gasteiger partial charge in [0.15, 0.2) is 0 Å². The van der Waals surface area contributed by atoms with Crippen LogP contribution in [0.4, 0.5) is 16.2 Å². The van der Waals surface area contributed by atoms with E-state index in [0.717, 1.165) is 0 Å². The van der Waals surface area contributed by atoms with E-state index in [2.05, 4.69) is 9.97 Å². The number of aromatic nitrogens is 2. The van der Waals surface area contributed by atoms with Gasteiger partial charge >= 0.3 is 0 Å². The van der Waals surface area contributed by atoms with Gasteiger partial charge in [-0.15, -0.1) is 0 Å². The smallest absolute Gasteiger partial charge is 0.223 e. The van der Waals surface area contributed by atoms with Gasteiger partial charge in [0.2, 0.25) is 5.95 Å². The summed E-state index contributed by atoms with van der Waals surface area (Å²) in [6.07, 6.45) is 0.360. The number of anilines is 2. The van der Waals surface area contributed by atoms with Crippen LogP contribution in [0.15, 0.2) is 6.07 Å². The maximum absolute atomic E-state index is 12.9. The number of nitrogen functional groups attached to an aromatic ring is 1. The number of rotatable bonds is 1. The Morgan fingerprint density at radius 1 is 1.40 bits per heavy atom. The van der Waals surface area contributed by atoms with Crippen molar-refractivity contribution in [3.05, 3.63) is 11.2 Å². The molecule has 0 aliphatic carbocycles. The summed E-state index contributed by atoms with van der Waals surface area (Å²) < 4.78 is 12.9. The second-order valence-corrected chi connectivity index (χ2v) is 3.96. The lowest BCUT2D eigenvalue weighted by molar-refractivity contribution is 0.277. The summed E-state index contributed by atoms with van der Waals surface area (Å²) in [5, 5.41) is 0.319. The largest absolute Gasteiger partial charge is 0.368 e. The van der Waals surface area contributed by atoms with E-state index < -0.39 is 6.17 Å². The number of halogens is 2. The first-order valence-electron chi connectivity index (χ1n) is 4.84. The average Bonchev–Trinajstić information content (AvgIpc) is 2.17. The topological polar surface area (TPSA) is 55.0 Å². The van der Waals surface area contributed by atoms with E-state index >= 15 is 0 Å². The lowest BCUT2D eigenvalue weighted by atomic mass is 10.1. The maximum Gasteiger partial charge on any atom is 0.223 e. The van der Waals surface area contributed by atoms with Crippen LogP contribution in [0.1, 0.15) is 12.8 Å². The van der Waals surface area contributed by atoms with Crippen molar-refractivity contribution in [1.82, 2.24) is 9.97 Å². The summed E-state index contributed by atoms with van der Waals surface area (Å²) in [6, 6.07) is 1.65. The molecule has 1 aromatic heterocycles. The Bertz CT molecular complexity index is 332. The molecule has 2 heterocycles. The van der Waals surface area contributed by atoms with E-state index in [0.29, 0.717) is 36.9 Å². The highest BCUT2D eigenvalue weighted by Gasteiger charge is 2.19. The van der Waals surface area contributed by atoms with Crippen LogP contribution < -0.4 is 10.6 Å². The fourth-order valence-corrected chi connectivity index (χ4v) is 1.85. The lowest BCUT2D eigenvalue weighted by Gasteiger charge is -2.29. The molecule has 1 aliphatic heterocycles. The zero-order chi connectivity index (χ0) is 10.8. The summed E-state index contributed by atoms with van der Waals surface area (Å²) in [6.45, 7) is 1.29. The Morgan fingerprint density at radius 2 is 2.07 bits per heavy atom. The number of nitrogens with zero attached hydrogens (tertiary/aromatic N) is 3. The molecular formula is C9H12ClFN4. The van der Waals surface area contributed by atoms with E-state index in [1.165, 1.54) is 0 Å². The van der Waals surface area contributed by atoms with Gasteiger partial charge in [0.25, 0.3) is 0 Å². The maximum atomic E-state index is 12.9. The summed E-state index contributed by atoms with van der Waals surface area (Å²) >= 11 is 5.77. The van der Waals surface area contributed by atoms with Crippen LogP contribution in [0.25, 0.3) is 0 Å². The molecule has 1 aliphatic rings. The molecule has 1 saturated heterocycles. The van der Waals surface area contributed by atoms with Crippen molar-refractivity contribution >= 4 is 23.4 Å². The summed E-state index contributed by atoms with van der Waals surface area (Å²) in [5.74, 6) is 0.833. The first-order chi connectivity index (χ1) is 7.15. The number of hydrogen-bond donors (Lipinski definition) is 1. The minimum absolute atomic E-state index is 0.153. The Balaban J connectivity index is 2.15. The van der Waals surface area contributed by atoms with Crippen LogP contribution in [-0.2, 0) is 0 Å². The fraction of sp³-hybridized carbons (Fsp3) is 0.556. The summed E-state index contributed by atoms with van der Waals surface area (Å²) in [7, 11) is 0. The van der Waals surface area contributed by atoms with Crippen LogP contribution in [-0.4, -0.2) is 29.2 Å². The molecule has 0 amide bonds. The zero-order valence-corrected chi connectivity index (χ0v) is 8.91. The van der Waals surface area contributed by atoms with Crippen molar-refractivity contribution < 1.29 is 4.39 Å². The van der Waals surface area contributed by atoms with Crippen molar-refractivity contribution in [1.29, 1.82) is 0 Å². The zero-order valence-electron chi connectivity index (χ0n) is 8.16. The quantitative estimate of drug-likeness (QED) is 0.746. The van der Waals surface area contributed by atoms with Crippen molar-refractivity contribution in [2.24, 2.45) is 0 Å². The van der Waals surface area contributed by atoms with E-state index in [1.807, 2.05) is 4.90 Å². The standard InChI is InChI=1S/C9H12ClFN4/c10-7-5-8(14-9(12)13-7)15-3-1-6(11)2-4-15/h5-6H,1-4H2,(H2,12,13,14). The van der Waals surface area contributed by atoms with Crippen LogP contribution in [0, 0.1) is 0 Å². The molecule has 0 aromatic carbocycles. The van der Waals surface area contributed by atoms with Crippen LogP contribution in [0.2, 0.25) is 5.15 Å². The SMILES string of the molecule is Nc1nc(Cl)cc(N2CCC(F)CC2)n1. The van der Waals surface area contributed by atoms with Crippen molar-refractivity contribution in [2.75, 3.05) is 23.7 Å². The summed E-state index contributed by atoms with van der Waals surface area (Å²) in [4.78, 5) is 9.82. The molecule has 1 aromatic rings. The third-order valence-electron chi connectivity index (χ3n) is 2.45. The van der Waals surface area contributed by atoms with Crippen molar-refractivity contribution in [3.63, 3.8) is 0 Å². The number of nitrogens with two attached hydrogens (primary N) is 1. The molecule has 2 rings (SSSR count). The highest BCUT2D eigenvalue weighted by Crippen LogP contribution is 2.22. The number of hydrogen-bond acceptors (Lipinski definition) is 4. The second-order valence-electron chi connectivity index (χ2n) is 3.57. The highest BCUT2D eigenvalue weighted by molar-refractivity contribution is 6.29. The molecule has 6 heteroatoms. The number of piperidine rings is 1. The normalized spacial score (nSPS) is 18.1. The molecule has 0 bridgehead atoms. The van der Waals surface area contributed by atoms with Gasteiger partial charge in [0.05, 0.1) is 0 Å². The molecule has 0 unspecified atom stereocenters. The fourth-order valence-electron chi connectivity index (χ4n) is 1.66. The Kier molecular flexibility index (Phi) is 2.90. The van der Waals surface area contributed by atoms with E-state index in [1.54, 1.807) is 6.07 Å². The molecule has 0 spiro atoms. The van der Waals surface area contributed by atoms with E-state index in [-0.39, 0.29) is 5.95 Å². The summed E-state index contributed by atoms with van der Waals surface area (Å²) in [5.41, 5.74) is 5.49. The third-order valence-corrected chi connectivity index (χ3v) is 2.64. The monoisotopic (exact) mass is 230 g/mol. The van der Waals surface area contributed by atoms with Crippen molar-refractivity contribution in [3.8, 4) is 0 Å². The van der Waals surface area contributed by atoms with Gasteiger partial charge in [0, 0.05) is 19.2 Å². The van der Waals surface area contributed by atoms with Gasteiger partial charge in [-0.05, 0) is 12.8 Å². The van der Waals surface area contributed by atoms with Gasteiger partial charge in [-0.2, -0.15) is 4.98 Å². The van der Waals surface area contributed by atoms with Crippen LogP contribution >= 0.6 is 11.6 Å². The Hall–Kier alpha value is -1.10. The third kappa shape index (κ3) is 2.47. The molecule has 4 nitrogen and oxygen atoms in total. The number of alkyl halides is 1. The van der Waals surface area contributed by atoms with E-state index in [9.17, 15) is 4.39 Å². The molecule has 1 fully saturated rings. The first kappa shape index (κ1) is 10.4. The molecule has 0 atom stereocenters. The molecular weight excluding hydrogens is 219 g/mol. The van der Waals surface area contributed by atoms with Crippen LogP contribution in [0.5, 0.6) is 0 Å². The van der Waals surface area contributed by atoms with Gasteiger partial charge in [0.1, 0.15) is 17.1 Å². The predicted octanol–water partition coefficient (Wildman–Crippen LogP) is 1.65. The van der Waals surface area contributed by atoms with E-state index in [4.69, 9.17) is 17.3 Å². The van der Waals surface area contributed by atoms with Crippen molar-refractivity contribution in [2.45, 2.75) is 19.0 Å². The second kappa shape index (κ2) is 4.18. The molecule has 0 saturated carbocycles. The molecule has 15 heavy (non-hydrogen) atoms. The predicted molar refractivity (Wildman–Crippen MR) is 57.8 cm³/mol. The first-order valence-corrected chi connectivity index (χ1v) is 5.22. The minimum atomic E-state index is -0.698. The van der Waals surface area contributed by atoms with Gasteiger partial charge in [-0.3, -0.25) is 0 Å². The van der Waals surface area contributed by atoms with Gasteiger partial charge < -0.3 is 10.6 Å². The lowest BCUT2D eigenvalue weighted by Crippen LogP contribution is -2.35. The molecule has 82 valence electrons. The minimum Gasteiger partial charge on any atom is -0.368 e. The molecule has 0 radical (unpaired) electrons.